The number of rotatable bonds is 5. The number of carbonyl (C=O) groups is 1. The van der Waals surface area contributed by atoms with E-state index < -0.39 is 5.60 Å². The fraction of sp³-hybridized carbons (Fsp3) is 0.556. The molecule has 0 bridgehead atoms. The number of thiazole rings is 1. The average Bonchev–Trinajstić information content (AvgIpc) is 3.36. The van der Waals surface area contributed by atoms with Gasteiger partial charge in [-0.25, -0.2) is 24.7 Å². The molecule has 1 amide bonds. The van der Waals surface area contributed by atoms with Gasteiger partial charge >= 0.3 is 12.1 Å². The van der Waals surface area contributed by atoms with E-state index in [1.54, 1.807) is 23.5 Å². The van der Waals surface area contributed by atoms with Crippen LogP contribution in [0, 0.1) is 5.41 Å². The number of nitrogens with zero attached hydrogens (tertiary/aromatic N) is 6. The van der Waals surface area contributed by atoms with Crippen LogP contribution in [-0.2, 0) is 22.4 Å². The molecule has 1 saturated heterocycles. The lowest BCUT2D eigenvalue weighted by molar-refractivity contribution is -0.140. The molecule has 0 unspecified atom stereocenters. The minimum atomic E-state index is -0.529. The van der Waals surface area contributed by atoms with E-state index in [0.717, 1.165) is 60.7 Å². The lowest BCUT2D eigenvalue weighted by atomic mass is 9.72. The van der Waals surface area contributed by atoms with Crippen molar-refractivity contribution in [3.8, 4) is 16.6 Å². The summed E-state index contributed by atoms with van der Waals surface area (Å²) in [6.07, 6.45) is 9.99. The Morgan fingerprint density at radius 3 is 2.72 bits per heavy atom. The van der Waals surface area contributed by atoms with Crippen LogP contribution in [0.1, 0.15) is 57.7 Å². The molecule has 1 spiro atoms. The Morgan fingerprint density at radius 1 is 1.15 bits per heavy atom. The second-order valence-electron chi connectivity index (χ2n) is 11.5. The second-order valence-corrected chi connectivity index (χ2v) is 12.5. The van der Waals surface area contributed by atoms with Crippen LogP contribution in [0.25, 0.3) is 10.6 Å². The van der Waals surface area contributed by atoms with Gasteiger partial charge in [-0.3, -0.25) is 0 Å². The van der Waals surface area contributed by atoms with Gasteiger partial charge < -0.3 is 24.4 Å². The third-order valence-corrected chi connectivity index (χ3v) is 8.21. The third kappa shape index (κ3) is 5.96. The summed E-state index contributed by atoms with van der Waals surface area (Å²) in [6, 6.07) is 2.26. The topological polar surface area (TPSA) is 124 Å². The van der Waals surface area contributed by atoms with Gasteiger partial charge in [0.15, 0.2) is 5.13 Å². The molecule has 0 radical (unpaired) electrons. The zero-order chi connectivity index (χ0) is 27.0. The minimum Gasteiger partial charge on any atom is -0.460 e. The van der Waals surface area contributed by atoms with Crippen LogP contribution in [0.3, 0.4) is 0 Å². The van der Waals surface area contributed by atoms with Crippen molar-refractivity contribution in [3.63, 3.8) is 0 Å². The van der Waals surface area contributed by atoms with Crippen LogP contribution in [0.2, 0.25) is 0 Å². The van der Waals surface area contributed by atoms with E-state index in [9.17, 15) is 4.79 Å². The van der Waals surface area contributed by atoms with E-state index in [1.165, 1.54) is 11.3 Å². The largest absolute Gasteiger partial charge is 0.460 e. The van der Waals surface area contributed by atoms with E-state index in [0.29, 0.717) is 42.0 Å². The van der Waals surface area contributed by atoms with Crippen molar-refractivity contribution in [2.75, 3.05) is 25.1 Å². The number of carbonyl (C=O) groups excluding carboxylic acids is 1. The molecule has 2 fully saturated rings. The normalized spacial score (nSPS) is 18.8. The van der Waals surface area contributed by atoms with Crippen molar-refractivity contribution < 1.29 is 19.0 Å². The summed E-state index contributed by atoms with van der Waals surface area (Å²) in [7, 11) is 0. The first kappa shape index (κ1) is 25.9. The molecule has 12 heteroatoms. The molecule has 2 aliphatic heterocycles. The predicted molar refractivity (Wildman–Crippen MR) is 145 cm³/mol. The molecule has 39 heavy (non-hydrogen) atoms. The summed E-state index contributed by atoms with van der Waals surface area (Å²) >= 11 is 1.46. The summed E-state index contributed by atoms with van der Waals surface area (Å²) in [6.45, 7) is 8.34. The Balaban J connectivity index is 1.07. The van der Waals surface area contributed by atoms with Gasteiger partial charge in [-0.1, -0.05) is 11.3 Å². The third-order valence-electron chi connectivity index (χ3n) is 7.28. The first-order chi connectivity index (χ1) is 18.7. The second kappa shape index (κ2) is 10.3. The fourth-order valence-corrected chi connectivity index (χ4v) is 5.87. The zero-order valence-electron chi connectivity index (χ0n) is 22.5. The molecule has 1 N–H and O–H groups in total. The first-order valence-corrected chi connectivity index (χ1v) is 14.2. The van der Waals surface area contributed by atoms with E-state index in [4.69, 9.17) is 14.2 Å². The van der Waals surface area contributed by atoms with Crippen molar-refractivity contribution in [1.29, 1.82) is 0 Å². The number of nitrogens with one attached hydrogen (secondary N) is 1. The molecule has 11 nitrogen and oxygen atoms in total. The summed E-state index contributed by atoms with van der Waals surface area (Å²) in [5.74, 6) is 0.471. The number of amides is 1. The Hall–Kier alpha value is -3.38. The summed E-state index contributed by atoms with van der Waals surface area (Å²) in [5.41, 5.74) is 2.45. The Kier molecular flexibility index (Phi) is 6.84. The van der Waals surface area contributed by atoms with Crippen LogP contribution < -0.4 is 10.1 Å². The molecule has 3 aliphatic rings. The number of hydrogen-bond donors (Lipinski definition) is 1. The molecule has 1 saturated carbocycles. The SMILES string of the molecule is CC(C)(C)OC(=O)N1CCc2nc(Nc3ncc(-c4ccnc(OC5CCC6(CC5)COC6)n4)s3)ncc2C1. The molecule has 0 aromatic carbocycles. The van der Waals surface area contributed by atoms with Crippen molar-refractivity contribution in [2.45, 2.75) is 71.1 Å². The van der Waals surface area contributed by atoms with Gasteiger partial charge in [0, 0.05) is 42.5 Å². The summed E-state index contributed by atoms with van der Waals surface area (Å²) < 4.78 is 17.1. The predicted octanol–water partition coefficient (Wildman–Crippen LogP) is 4.76. The Morgan fingerprint density at radius 2 is 1.97 bits per heavy atom. The number of hydrogen-bond acceptors (Lipinski definition) is 11. The van der Waals surface area contributed by atoms with Gasteiger partial charge in [0.1, 0.15) is 11.7 Å². The lowest BCUT2D eigenvalue weighted by Gasteiger charge is -2.45. The van der Waals surface area contributed by atoms with Gasteiger partial charge in [-0.2, -0.15) is 4.98 Å². The Bertz CT molecular complexity index is 1340. The maximum absolute atomic E-state index is 12.4. The molecule has 0 atom stereocenters. The van der Waals surface area contributed by atoms with Crippen LogP contribution >= 0.6 is 11.3 Å². The van der Waals surface area contributed by atoms with Crippen LogP contribution in [0.4, 0.5) is 15.9 Å². The molecule has 6 rings (SSSR count). The highest BCUT2D eigenvalue weighted by Gasteiger charge is 2.42. The van der Waals surface area contributed by atoms with Crippen LogP contribution in [0.5, 0.6) is 6.01 Å². The number of anilines is 2. The molecule has 3 aromatic heterocycles. The van der Waals surface area contributed by atoms with Crippen LogP contribution in [0.15, 0.2) is 24.7 Å². The first-order valence-electron chi connectivity index (χ1n) is 13.4. The highest BCUT2D eigenvalue weighted by Crippen LogP contribution is 2.43. The van der Waals surface area contributed by atoms with Crippen molar-refractivity contribution in [1.82, 2.24) is 29.8 Å². The van der Waals surface area contributed by atoms with Gasteiger partial charge in [0.05, 0.1) is 36.0 Å². The standard InChI is InChI=1S/C27H33N7O4S/c1-26(2,3)38-25(35)34-11-7-19-17(14-34)12-29-22(31-19)33-24-30-13-21(39-24)20-6-10-28-23(32-20)37-18-4-8-27(9-5-18)15-36-16-27/h6,10,12-13,18H,4-5,7-9,11,14-16H2,1-3H3,(H,29,30,31,33). The molecule has 206 valence electrons. The van der Waals surface area contributed by atoms with Crippen molar-refractivity contribution >= 4 is 28.5 Å². The molecular formula is C27H33N7O4S. The fourth-order valence-electron chi connectivity index (χ4n) is 5.09. The van der Waals surface area contributed by atoms with Gasteiger partial charge in [-0.15, -0.1) is 0 Å². The van der Waals surface area contributed by atoms with Gasteiger partial charge in [0.25, 0.3) is 0 Å². The molecule has 1 aliphatic carbocycles. The van der Waals surface area contributed by atoms with E-state index in [2.05, 4.69) is 30.2 Å². The summed E-state index contributed by atoms with van der Waals surface area (Å²) in [5, 5.41) is 3.87. The number of fused-ring (bicyclic) bond motifs is 1. The maximum atomic E-state index is 12.4. The minimum absolute atomic E-state index is 0.141. The number of ether oxygens (including phenoxy) is 3. The molecule has 3 aromatic rings. The summed E-state index contributed by atoms with van der Waals surface area (Å²) in [4.78, 5) is 37.6. The maximum Gasteiger partial charge on any atom is 0.410 e. The highest BCUT2D eigenvalue weighted by atomic mass is 32.1. The lowest BCUT2D eigenvalue weighted by Crippen LogP contribution is -2.46. The van der Waals surface area contributed by atoms with Gasteiger partial charge in [0.2, 0.25) is 5.95 Å². The van der Waals surface area contributed by atoms with Crippen LogP contribution in [-0.4, -0.2) is 67.4 Å². The monoisotopic (exact) mass is 551 g/mol. The van der Waals surface area contributed by atoms with Gasteiger partial charge in [-0.05, 0) is 52.5 Å². The average molecular weight is 552 g/mol. The zero-order valence-corrected chi connectivity index (χ0v) is 23.3. The highest BCUT2D eigenvalue weighted by molar-refractivity contribution is 7.18. The van der Waals surface area contributed by atoms with Crippen molar-refractivity contribution in [2.24, 2.45) is 5.41 Å². The Labute approximate surface area is 231 Å². The quantitative estimate of drug-likeness (QED) is 0.474. The van der Waals surface area contributed by atoms with E-state index >= 15 is 0 Å². The number of aromatic nitrogens is 5. The smallest absolute Gasteiger partial charge is 0.410 e. The molecule has 5 heterocycles. The van der Waals surface area contributed by atoms with Crippen molar-refractivity contribution in [3.05, 3.63) is 35.9 Å². The van der Waals surface area contributed by atoms with E-state index in [-0.39, 0.29) is 12.2 Å². The molecular weight excluding hydrogens is 518 g/mol. The van der Waals surface area contributed by atoms with E-state index in [1.807, 2.05) is 26.8 Å².